The van der Waals surface area contributed by atoms with Crippen molar-refractivity contribution in [3.63, 3.8) is 0 Å². The Balaban J connectivity index is 1.95. The maximum Gasteiger partial charge on any atom is 0.300 e. The van der Waals surface area contributed by atoms with Gasteiger partial charge in [0.2, 0.25) is 0 Å². The van der Waals surface area contributed by atoms with Crippen LogP contribution in [0.4, 0.5) is 10.1 Å². The lowest BCUT2D eigenvalue weighted by Gasteiger charge is -2.25. The number of rotatable bonds is 3. The molecule has 1 atom stereocenters. The van der Waals surface area contributed by atoms with E-state index in [4.69, 9.17) is 23.2 Å². The van der Waals surface area contributed by atoms with Gasteiger partial charge >= 0.3 is 0 Å². The maximum atomic E-state index is 13.5. The molecule has 0 bridgehead atoms. The van der Waals surface area contributed by atoms with E-state index < -0.39 is 23.5 Å². The van der Waals surface area contributed by atoms with E-state index in [1.165, 1.54) is 29.2 Å². The molecular formula is C24H16Cl2FNO3. The van der Waals surface area contributed by atoms with Crippen LogP contribution in [-0.2, 0) is 9.59 Å². The smallest absolute Gasteiger partial charge is 0.300 e. The van der Waals surface area contributed by atoms with Crippen LogP contribution in [0, 0.1) is 12.7 Å². The number of Topliss-reactive ketones (excluding diaryl/α,β-unsaturated/α-hetero) is 1. The number of benzene rings is 3. The monoisotopic (exact) mass is 455 g/mol. The van der Waals surface area contributed by atoms with Crippen LogP contribution in [-0.4, -0.2) is 16.8 Å². The van der Waals surface area contributed by atoms with E-state index >= 15 is 0 Å². The molecule has 31 heavy (non-hydrogen) atoms. The van der Waals surface area contributed by atoms with Gasteiger partial charge in [-0.25, -0.2) is 4.39 Å². The number of carbonyl (C=O) groups excluding carboxylic acids is 2. The van der Waals surface area contributed by atoms with E-state index in [-0.39, 0.29) is 16.4 Å². The van der Waals surface area contributed by atoms with Crippen molar-refractivity contribution in [3.8, 4) is 0 Å². The fourth-order valence-corrected chi connectivity index (χ4v) is 3.87. The maximum absolute atomic E-state index is 13.5. The largest absolute Gasteiger partial charge is 0.507 e. The second-order valence-corrected chi connectivity index (χ2v) is 8.00. The summed E-state index contributed by atoms with van der Waals surface area (Å²) < 4.78 is 13.5. The molecule has 1 heterocycles. The number of aliphatic hydroxyl groups is 1. The first-order valence-electron chi connectivity index (χ1n) is 9.36. The summed E-state index contributed by atoms with van der Waals surface area (Å²) >= 11 is 12.2. The third kappa shape index (κ3) is 3.82. The molecule has 0 saturated carbocycles. The number of hydrogen-bond acceptors (Lipinski definition) is 3. The molecule has 1 amide bonds. The molecular weight excluding hydrogens is 440 g/mol. The van der Waals surface area contributed by atoms with Crippen molar-refractivity contribution in [1.82, 2.24) is 0 Å². The van der Waals surface area contributed by atoms with Crippen LogP contribution in [0.5, 0.6) is 0 Å². The molecule has 0 aliphatic carbocycles. The highest BCUT2D eigenvalue weighted by Crippen LogP contribution is 2.43. The minimum atomic E-state index is -0.971. The van der Waals surface area contributed by atoms with E-state index in [9.17, 15) is 19.1 Å². The fraction of sp³-hybridized carbons (Fsp3) is 0.0833. The summed E-state index contributed by atoms with van der Waals surface area (Å²) in [5, 5.41) is 11.6. The van der Waals surface area contributed by atoms with Crippen molar-refractivity contribution in [2.75, 3.05) is 4.90 Å². The Bertz CT molecular complexity index is 1220. The molecule has 4 rings (SSSR count). The molecule has 7 heteroatoms. The van der Waals surface area contributed by atoms with E-state index in [2.05, 4.69) is 0 Å². The molecule has 4 nitrogen and oxygen atoms in total. The molecule has 3 aromatic rings. The number of nitrogens with zero attached hydrogens (tertiary/aromatic N) is 1. The van der Waals surface area contributed by atoms with Gasteiger partial charge in [0.15, 0.2) is 0 Å². The van der Waals surface area contributed by atoms with Gasteiger partial charge in [0.25, 0.3) is 11.7 Å². The molecule has 1 N–H and O–H groups in total. The molecule has 0 radical (unpaired) electrons. The van der Waals surface area contributed by atoms with Crippen LogP contribution in [0.3, 0.4) is 0 Å². The first-order valence-corrected chi connectivity index (χ1v) is 10.1. The topological polar surface area (TPSA) is 57.6 Å². The molecule has 1 aliphatic rings. The first kappa shape index (κ1) is 21.1. The Kier molecular flexibility index (Phi) is 5.56. The SMILES string of the molecule is Cc1ccc(/C(O)=C2/C(=O)C(=O)N(c3ccc(F)cc3)C2c2ccc(Cl)c(Cl)c2)cc1. The van der Waals surface area contributed by atoms with Crippen molar-refractivity contribution < 1.29 is 19.1 Å². The van der Waals surface area contributed by atoms with E-state index in [1.54, 1.807) is 42.5 Å². The van der Waals surface area contributed by atoms with Crippen LogP contribution in [0.25, 0.3) is 5.76 Å². The van der Waals surface area contributed by atoms with Crippen LogP contribution >= 0.6 is 23.2 Å². The molecule has 156 valence electrons. The van der Waals surface area contributed by atoms with Gasteiger partial charge in [-0.2, -0.15) is 0 Å². The summed E-state index contributed by atoms with van der Waals surface area (Å²) in [5.41, 5.74) is 2.07. The quantitative estimate of drug-likeness (QED) is 0.296. The average Bonchev–Trinajstić information content (AvgIpc) is 3.01. The van der Waals surface area contributed by atoms with Gasteiger partial charge in [-0.1, -0.05) is 59.1 Å². The Morgan fingerprint density at radius 3 is 2.19 bits per heavy atom. The molecule has 3 aromatic carbocycles. The standard InChI is InChI=1S/C24H16Cl2FNO3/c1-13-2-4-14(5-3-13)22(29)20-21(15-6-11-18(25)19(26)12-15)28(24(31)23(20)30)17-9-7-16(27)8-10-17/h2-12,21,29H,1H3/b22-20-. The van der Waals surface area contributed by atoms with Crippen molar-refractivity contribution in [3.05, 3.63) is 105 Å². The average molecular weight is 456 g/mol. The molecule has 0 aromatic heterocycles. The summed E-state index contributed by atoms with van der Waals surface area (Å²) in [6, 6.07) is 15.9. The predicted octanol–water partition coefficient (Wildman–Crippen LogP) is 6.07. The first-order chi connectivity index (χ1) is 14.8. The summed E-state index contributed by atoms with van der Waals surface area (Å²) in [6.45, 7) is 1.90. The second kappa shape index (κ2) is 8.17. The van der Waals surface area contributed by atoms with Gasteiger partial charge in [-0.3, -0.25) is 14.5 Å². The lowest BCUT2D eigenvalue weighted by molar-refractivity contribution is -0.132. The van der Waals surface area contributed by atoms with Crippen molar-refractivity contribution in [2.24, 2.45) is 0 Å². The number of ketones is 1. The number of amides is 1. The van der Waals surface area contributed by atoms with E-state index in [0.717, 1.165) is 5.56 Å². The molecule has 1 fully saturated rings. The number of carbonyl (C=O) groups is 2. The lowest BCUT2D eigenvalue weighted by atomic mass is 9.95. The van der Waals surface area contributed by atoms with Crippen molar-refractivity contribution >= 4 is 46.3 Å². The summed E-state index contributed by atoms with van der Waals surface area (Å²) in [6.07, 6.45) is 0. The van der Waals surface area contributed by atoms with Crippen LogP contribution < -0.4 is 4.90 Å². The second-order valence-electron chi connectivity index (χ2n) is 7.19. The highest BCUT2D eigenvalue weighted by Gasteiger charge is 2.47. The minimum Gasteiger partial charge on any atom is -0.507 e. The summed E-state index contributed by atoms with van der Waals surface area (Å²) in [4.78, 5) is 27.3. The third-order valence-electron chi connectivity index (χ3n) is 5.13. The van der Waals surface area contributed by atoms with Crippen molar-refractivity contribution in [2.45, 2.75) is 13.0 Å². The number of aryl methyl sites for hydroxylation is 1. The van der Waals surface area contributed by atoms with E-state index in [1.807, 2.05) is 6.92 Å². The Morgan fingerprint density at radius 2 is 1.58 bits per heavy atom. The highest BCUT2D eigenvalue weighted by atomic mass is 35.5. The summed E-state index contributed by atoms with van der Waals surface area (Å²) in [7, 11) is 0. The molecule has 1 aliphatic heterocycles. The van der Waals surface area contributed by atoms with Gasteiger partial charge in [-0.15, -0.1) is 0 Å². The minimum absolute atomic E-state index is 0.0865. The van der Waals surface area contributed by atoms with Crippen LogP contribution in [0.1, 0.15) is 22.7 Å². The highest BCUT2D eigenvalue weighted by molar-refractivity contribution is 6.51. The number of halogens is 3. The van der Waals surface area contributed by atoms with E-state index in [0.29, 0.717) is 21.8 Å². The predicted molar refractivity (Wildman–Crippen MR) is 119 cm³/mol. The van der Waals surface area contributed by atoms with Crippen LogP contribution in [0.2, 0.25) is 10.0 Å². The van der Waals surface area contributed by atoms with Gasteiger partial charge in [0, 0.05) is 11.3 Å². The number of anilines is 1. The molecule has 1 saturated heterocycles. The van der Waals surface area contributed by atoms with Gasteiger partial charge in [0.1, 0.15) is 11.6 Å². The number of hydrogen-bond donors (Lipinski definition) is 1. The lowest BCUT2D eigenvalue weighted by Crippen LogP contribution is -2.29. The zero-order valence-electron chi connectivity index (χ0n) is 16.3. The Morgan fingerprint density at radius 1 is 0.935 bits per heavy atom. The molecule has 1 unspecified atom stereocenters. The molecule has 0 spiro atoms. The van der Waals surface area contributed by atoms with Crippen molar-refractivity contribution in [1.29, 1.82) is 0 Å². The van der Waals surface area contributed by atoms with Gasteiger partial charge in [-0.05, 0) is 48.9 Å². The van der Waals surface area contributed by atoms with Gasteiger partial charge < -0.3 is 5.11 Å². The third-order valence-corrected chi connectivity index (χ3v) is 5.87. The van der Waals surface area contributed by atoms with Gasteiger partial charge in [0.05, 0.1) is 21.7 Å². The Labute approximate surface area is 188 Å². The van der Waals surface area contributed by atoms with Crippen LogP contribution in [0.15, 0.2) is 72.3 Å². The zero-order chi connectivity index (χ0) is 22.3. The summed E-state index contributed by atoms with van der Waals surface area (Å²) in [5.74, 6) is -2.47. The number of aliphatic hydroxyl groups excluding tert-OH is 1. The normalized spacial score (nSPS) is 17.9. The fourth-order valence-electron chi connectivity index (χ4n) is 3.57. The Hall–Kier alpha value is -3.15. The zero-order valence-corrected chi connectivity index (χ0v) is 17.8.